The van der Waals surface area contributed by atoms with E-state index in [1.54, 1.807) is 24.3 Å². The summed E-state index contributed by atoms with van der Waals surface area (Å²) in [5.74, 6) is -0.578. The number of benzene rings is 2. The van der Waals surface area contributed by atoms with Crippen molar-refractivity contribution >= 4 is 17.5 Å². The van der Waals surface area contributed by atoms with Crippen molar-refractivity contribution in [1.29, 1.82) is 0 Å². The molecule has 1 heterocycles. The molecular formula is C22H25N3O3. The molecule has 0 bridgehead atoms. The van der Waals surface area contributed by atoms with Crippen molar-refractivity contribution in [3.8, 4) is 0 Å². The highest BCUT2D eigenvalue weighted by atomic mass is 16.3. The lowest BCUT2D eigenvalue weighted by atomic mass is 9.72. The topological polar surface area (TPSA) is 95.7 Å². The first-order chi connectivity index (χ1) is 13.5. The minimum absolute atomic E-state index is 0.0878. The molecule has 0 saturated carbocycles. The van der Waals surface area contributed by atoms with Crippen LogP contribution in [0, 0.1) is 0 Å². The van der Waals surface area contributed by atoms with Gasteiger partial charge in [0.05, 0.1) is 12.6 Å². The van der Waals surface area contributed by atoms with E-state index in [0.29, 0.717) is 17.8 Å². The molecule has 2 aliphatic rings. The minimum Gasteiger partial charge on any atom is -0.392 e. The molecule has 1 atom stereocenters. The Hall–Kier alpha value is -2.70. The van der Waals surface area contributed by atoms with Crippen LogP contribution in [0.1, 0.15) is 34.3 Å². The first-order valence-electron chi connectivity index (χ1n) is 9.66. The fraction of sp³-hybridized carbons (Fsp3) is 0.364. The number of hydrogen-bond donors (Lipinski definition) is 3. The number of primary amides is 1. The second-order valence-corrected chi connectivity index (χ2v) is 7.80. The number of nitrogens with zero attached hydrogens (tertiary/aromatic N) is 1. The Morgan fingerprint density at radius 2 is 1.79 bits per heavy atom. The Balaban J connectivity index is 1.34. The Bertz CT molecular complexity index is 886. The van der Waals surface area contributed by atoms with Gasteiger partial charge in [-0.1, -0.05) is 24.3 Å². The van der Waals surface area contributed by atoms with Crippen LogP contribution in [0.4, 0.5) is 5.69 Å². The SMILES string of the molecule is NC(=O)c1ccc(NC(=O)CN2CCC3(CC2)c2ccccc2C[C@@H]3O)cc1. The molecule has 2 aromatic rings. The third-order valence-electron chi connectivity index (χ3n) is 6.17. The Kier molecular flexibility index (Phi) is 4.91. The highest BCUT2D eigenvalue weighted by Crippen LogP contribution is 2.46. The number of amides is 2. The summed E-state index contributed by atoms with van der Waals surface area (Å²) >= 11 is 0. The number of nitrogens with one attached hydrogen (secondary N) is 1. The zero-order chi connectivity index (χ0) is 19.7. The number of nitrogens with two attached hydrogens (primary N) is 1. The van der Waals surface area contributed by atoms with Crippen LogP contribution in [0.15, 0.2) is 48.5 Å². The summed E-state index contributed by atoms with van der Waals surface area (Å²) in [7, 11) is 0. The second kappa shape index (κ2) is 7.37. The summed E-state index contributed by atoms with van der Waals surface area (Å²) in [4.78, 5) is 25.6. The summed E-state index contributed by atoms with van der Waals surface area (Å²) < 4.78 is 0. The maximum atomic E-state index is 12.4. The molecule has 0 unspecified atom stereocenters. The van der Waals surface area contributed by atoms with Crippen molar-refractivity contribution in [2.75, 3.05) is 25.0 Å². The number of anilines is 1. The van der Waals surface area contributed by atoms with Gasteiger partial charge in [0.15, 0.2) is 0 Å². The molecule has 28 heavy (non-hydrogen) atoms. The number of likely N-dealkylation sites (tertiary alicyclic amines) is 1. The fourth-order valence-electron chi connectivity index (χ4n) is 4.60. The number of hydrogen-bond acceptors (Lipinski definition) is 4. The lowest BCUT2D eigenvalue weighted by molar-refractivity contribution is -0.117. The lowest BCUT2D eigenvalue weighted by Crippen LogP contribution is -2.49. The number of carbonyl (C=O) groups excluding carboxylic acids is 2. The third kappa shape index (κ3) is 3.41. The van der Waals surface area contributed by atoms with E-state index < -0.39 is 5.91 Å². The van der Waals surface area contributed by atoms with E-state index in [1.165, 1.54) is 11.1 Å². The molecule has 4 rings (SSSR count). The molecule has 1 fully saturated rings. The zero-order valence-corrected chi connectivity index (χ0v) is 15.7. The van der Waals surface area contributed by atoms with Crippen molar-refractivity contribution in [3.63, 3.8) is 0 Å². The standard InChI is InChI=1S/C22H25N3O3/c23-21(28)15-5-7-17(8-6-15)24-20(27)14-25-11-9-22(10-12-25)18-4-2-1-3-16(18)13-19(22)26/h1-8,19,26H,9-14H2,(H2,23,28)(H,24,27)/t19-/m0/s1. The molecule has 4 N–H and O–H groups in total. The van der Waals surface area contributed by atoms with Crippen LogP contribution in [-0.4, -0.2) is 47.6 Å². The van der Waals surface area contributed by atoms with Gasteiger partial charge >= 0.3 is 0 Å². The van der Waals surface area contributed by atoms with Crippen LogP contribution >= 0.6 is 0 Å². The van der Waals surface area contributed by atoms with E-state index >= 15 is 0 Å². The largest absolute Gasteiger partial charge is 0.392 e. The lowest BCUT2D eigenvalue weighted by Gasteiger charge is -2.42. The molecule has 0 aromatic heterocycles. The average molecular weight is 379 g/mol. The highest BCUT2D eigenvalue weighted by molar-refractivity contribution is 5.95. The van der Waals surface area contributed by atoms with Crippen LogP contribution in [0.3, 0.4) is 0 Å². The van der Waals surface area contributed by atoms with Crippen LogP contribution < -0.4 is 11.1 Å². The molecule has 1 spiro atoms. The summed E-state index contributed by atoms with van der Waals surface area (Å²) in [6.45, 7) is 1.87. The zero-order valence-electron chi connectivity index (χ0n) is 15.7. The molecule has 6 nitrogen and oxygen atoms in total. The molecule has 6 heteroatoms. The molecule has 1 saturated heterocycles. The van der Waals surface area contributed by atoms with Gasteiger partial charge in [0.2, 0.25) is 11.8 Å². The minimum atomic E-state index is -0.490. The van der Waals surface area contributed by atoms with Gasteiger partial charge in [-0.2, -0.15) is 0 Å². The van der Waals surface area contributed by atoms with Gasteiger partial charge in [0, 0.05) is 16.7 Å². The van der Waals surface area contributed by atoms with Crippen molar-refractivity contribution in [2.24, 2.45) is 5.73 Å². The normalized spacial score (nSPS) is 20.7. The smallest absolute Gasteiger partial charge is 0.248 e. The van der Waals surface area contributed by atoms with Crippen LogP contribution in [0.5, 0.6) is 0 Å². The molecule has 146 valence electrons. The van der Waals surface area contributed by atoms with E-state index in [2.05, 4.69) is 22.3 Å². The predicted octanol–water partition coefficient (Wildman–Crippen LogP) is 1.67. The monoisotopic (exact) mass is 379 g/mol. The molecule has 1 aliphatic carbocycles. The number of piperidine rings is 1. The molecule has 0 radical (unpaired) electrons. The third-order valence-corrected chi connectivity index (χ3v) is 6.17. The number of rotatable bonds is 4. The molecule has 2 amide bonds. The van der Waals surface area contributed by atoms with E-state index in [9.17, 15) is 14.7 Å². The number of aliphatic hydroxyl groups excluding tert-OH is 1. The van der Waals surface area contributed by atoms with Gasteiger partial charge in [-0.3, -0.25) is 14.5 Å². The quantitative estimate of drug-likeness (QED) is 0.753. The van der Waals surface area contributed by atoms with Crippen LogP contribution in [0.2, 0.25) is 0 Å². The summed E-state index contributed by atoms with van der Waals surface area (Å²) in [6.07, 6.45) is 2.08. The molecule has 1 aliphatic heterocycles. The van der Waals surface area contributed by atoms with Gasteiger partial charge in [-0.15, -0.1) is 0 Å². The van der Waals surface area contributed by atoms with E-state index in [4.69, 9.17) is 5.73 Å². The van der Waals surface area contributed by atoms with E-state index in [-0.39, 0.29) is 17.4 Å². The number of aliphatic hydroxyl groups is 1. The van der Waals surface area contributed by atoms with Gasteiger partial charge in [-0.25, -0.2) is 0 Å². The highest BCUT2D eigenvalue weighted by Gasteiger charge is 2.47. The fourth-order valence-corrected chi connectivity index (χ4v) is 4.60. The van der Waals surface area contributed by atoms with Crippen LogP contribution in [0.25, 0.3) is 0 Å². The van der Waals surface area contributed by atoms with Crippen molar-refractivity contribution in [3.05, 3.63) is 65.2 Å². The van der Waals surface area contributed by atoms with E-state index in [0.717, 1.165) is 32.4 Å². The number of carbonyl (C=O) groups is 2. The van der Waals surface area contributed by atoms with Crippen LogP contribution in [-0.2, 0) is 16.6 Å². The first-order valence-corrected chi connectivity index (χ1v) is 9.66. The average Bonchev–Trinajstić information content (AvgIpc) is 2.96. The summed E-state index contributed by atoms with van der Waals surface area (Å²) in [5, 5.41) is 13.6. The Labute approximate surface area is 164 Å². The second-order valence-electron chi connectivity index (χ2n) is 7.80. The van der Waals surface area contributed by atoms with E-state index in [1.807, 2.05) is 12.1 Å². The summed E-state index contributed by atoms with van der Waals surface area (Å²) in [6, 6.07) is 14.9. The van der Waals surface area contributed by atoms with Gasteiger partial charge < -0.3 is 16.2 Å². The van der Waals surface area contributed by atoms with Gasteiger partial charge in [0.1, 0.15) is 0 Å². The predicted molar refractivity (Wildman–Crippen MR) is 107 cm³/mol. The van der Waals surface area contributed by atoms with Crippen molar-refractivity contribution in [1.82, 2.24) is 4.90 Å². The Morgan fingerprint density at radius 3 is 2.46 bits per heavy atom. The summed E-state index contributed by atoms with van der Waals surface area (Å²) in [5.41, 5.74) is 8.64. The molecule has 2 aromatic carbocycles. The van der Waals surface area contributed by atoms with Gasteiger partial charge in [-0.05, 0) is 67.7 Å². The maximum Gasteiger partial charge on any atom is 0.248 e. The van der Waals surface area contributed by atoms with Crippen molar-refractivity contribution in [2.45, 2.75) is 30.8 Å². The Morgan fingerprint density at radius 1 is 1.11 bits per heavy atom. The molecular weight excluding hydrogens is 354 g/mol. The van der Waals surface area contributed by atoms with Crippen molar-refractivity contribution < 1.29 is 14.7 Å². The number of fused-ring (bicyclic) bond motifs is 2. The van der Waals surface area contributed by atoms with Gasteiger partial charge in [0.25, 0.3) is 0 Å². The first kappa shape index (κ1) is 18.7. The maximum absolute atomic E-state index is 12.4.